The zero-order valence-electron chi connectivity index (χ0n) is 8.75. The molecular formula is C11H16ClN3. The summed E-state index contributed by atoms with van der Waals surface area (Å²) in [7, 11) is 0. The molecule has 3 nitrogen and oxygen atoms in total. The summed E-state index contributed by atoms with van der Waals surface area (Å²) < 4.78 is 0. The summed E-state index contributed by atoms with van der Waals surface area (Å²) in [5.74, 6) is 1.63. The lowest BCUT2D eigenvalue weighted by Gasteiger charge is -2.21. The Balaban J connectivity index is 1.79. The van der Waals surface area contributed by atoms with E-state index in [1.165, 1.54) is 32.1 Å². The first-order valence-electron chi connectivity index (χ1n) is 5.58. The number of nitrogens with one attached hydrogen (secondary N) is 1. The second-order valence-corrected chi connectivity index (χ2v) is 4.51. The molecule has 0 unspecified atom stereocenters. The molecule has 4 heteroatoms. The molecule has 0 radical (unpaired) electrons. The molecule has 1 N–H and O–H groups in total. The van der Waals surface area contributed by atoms with Crippen molar-refractivity contribution in [1.29, 1.82) is 0 Å². The molecule has 2 rings (SSSR count). The van der Waals surface area contributed by atoms with Crippen molar-refractivity contribution in [2.24, 2.45) is 5.92 Å². The van der Waals surface area contributed by atoms with Gasteiger partial charge < -0.3 is 5.32 Å². The maximum absolute atomic E-state index is 5.66. The summed E-state index contributed by atoms with van der Waals surface area (Å²) in [5.41, 5.74) is 0. The average molecular weight is 226 g/mol. The Hall–Kier alpha value is -0.830. The number of anilines is 1. The predicted octanol–water partition coefficient (Wildman–Crippen LogP) is 3.12. The van der Waals surface area contributed by atoms with Crippen molar-refractivity contribution in [2.75, 3.05) is 11.9 Å². The largest absolute Gasteiger partial charge is 0.368 e. The van der Waals surface area contributed by atoms with Gasteiger partial charge in [-0.3, -0.25) is 0 Å². The summed E-state index contributed by atoms with van der Waals surface area (Å²) in [6.07, 6.45) is 6.83. The zero-order valence-corrected chi connectivity index (χ0v) is 9.50. The summed E-state index contributed by atoms with van der Waals surface area (Å²) in [6.45, 7) is 1.01. The fourth-order valence-electron chi connectivity index (χ4n) is 2.05. The van der Waals surface area contributed by atoms with Crippen LogP contribution < -0.4 is 5.32 Å². The van der Waals surface area contributed by atoms with E-state index in [4.69, 9.17) is 11.6 Å². The monoisotopic (exact) mass is 225 g/mol. The molecule has 82 valence electrons. The lowest BCUT2D eigenvalue weighted by atomic mass is 9.89. The van der Waals surface area contributed by atoms with Crippen LogP contribution in [0.3, 0.4) is 0 Å². The first-order chi connectivity index (χ1) is 7.34. The van der Waals surface area contributed by atoms with Crippen molar-refractivity contribution in [1.82, 2.24) is 10.2 Å². The highest BCUT2D eigenvalue weighted by atomic mass is 35.5. The minimum atomic E-state index is 0.443. The number of halogens is 1. The smallest absolute Gasteiger partial charge is 0.151 e. The highest BCUT2D eigenvalue weighted by Crippen LogP contribution is 2.23. The van der Waals surface area contributed by atoms with Crippen LogP contribution in [0, 0.1) is 5.92 Å². The molecule has 1 fully saturated rings. The quantitative estimate of drug-likeness (QED) is 0.859. The molecule has 0 spiro atoms. The third-order valence-electron chi connectivity index (χ3n) is 2.93. The number of hydrogen-bond acceptors (Lipinski definition) is 3. The molecule has 1 aliphatic rings. The molecule has 0 atom stereocenters. The third-order valence-corrected chi connectivity index (χ3v) is 3.13. The molecule has 0 amide bonds. The third kappa shape index (κ3) is 3.34. The molecule has 1 heterocycles. The van der Waals surface area contributed by atoms with Crippen molar-refractivity contribution < 1.29 is 0 Å². The van der Waals surface area contributed by atoms with Gasteiger partial charge in [-0.05, 0) is 30.9 Å². The van der Waals surface area contributed by atoms with Crippen molar-refractivity contribution in [3.63, 3.8) is 0 Å². The molecule has 1 aromatic rings. The van der Waals surface area contributed by atoms with Gasteiger partial charge >= 0.3 is 0 Å². The summed E-state index contributed by atoms with van der Waals surface area (Å²) >= 11 is 5.66. The Morgan fingerprint density at radius 3 is 2.67 bits per heavy atom. The van der Waals surface area contributed by atoms with E-state index in [0.29, 0.717) is 5.15 Å². The second-order valence-electron chi connectivity index (χ2n) is 4.13. The van der Waals surface area contributed by atoms with Crippen molar-refractivity contribution in [3.05, 3.63) is 17.3 Å². The topological polar surface area (TPSA) is 37.8 Å². The van der Waals surface area contributed by atoms with E-state index in [2.05, 4.69) is 15.5 Å². The van der Waals surface area contributed by atoms with E-state index in [1.807, 2.05) is 6.07 Å². The van der Waals surface area contributed by atoms with Gasteiger partial charge in [0.2, 0.25) is 0 Å². The molecule has 0 saturated heterocycles. The summed E-state index contributed by atoms with van der Waals surface area (Å²) in [5, 5.41) is 11.5. The minimum Gasteiger partial charge on any atom is -0.368 e. The first-order valence-corrected chi connectivity index (χ1v) is 5.95. The van der Waals surface area contributed by atoms with Crippen molar-refractivity contribution >= 4 is 17.4 Å². The summed E-state index contributed by atoms with van der Waals surface area (Å²) in [4.78, 5) is 0. The van der Waals surface area contributed by atoms with Gasteiger partial charge in [-0.2, -0.15) is 0 Å². The molecule has 1 aromatic heterocycles. The number of aromatic nitrogens is 2. The molecule has 1 saturated carbocycles. The van der Waals surface area contributed by atoms with E-state index >= 15 is 0 Å². The molecule has 0 bridgehead atoms. The van der Waals surface area contributed by atoms with Gasteiger partial charge in [0.25, 0.3) is 0 Å². The van der Waals surface area contributed by atoms with Crippen LogP contribution in [-0.2, 0) is 0 Å². The van der Waals surface area contributed by atoms with Crippen LogP contribution in [-0.4, -0.2) is 16.7 Å². The van der Waals surface area contributed by atoms with Crippen LogP contribution in [0.5, 0.6) is 0 Å². The maximum atomic E-state index is 5.66. The molecule has 0 aliphatic heterocycles. The van der Waals surface area contributed by atoms with E-state index in [-0.39, 0.29) is 0 Å². The predicted molar refractivity (Wildman–Crippen MR) is 62.1 cm³/mol. The average Bonchev–Trinajstić information content (AvgIpc) is 2.30. The minimum absolute atomic E-state index is 0.443. The Labute approximate surface area is 95.2 Å². The normalized spacial score (nSPS) is 17.7. The van der Waals surface area contributed by atoms with Crippen LogP contribution >= 0.6 is 11.6 Å². The van der Waals surface area contributed by atoms with Crippen molar-refractivity contribution in [2.45, 2.75) is 32.1 Å². The zero-order chi connectivity index (χ0) is 10.5. The van der Waals surface area contributed by atoms with Crippen molar-refractivity contribution in [3.8, 4) is 0 Å². The number of nitrogens with zero attached hydrogens (tertiary/aromatic N) is 2. The Kier molecular flexibility index (Phi) is 3.78. The Morgan fingerprint density at radius 2 is 2.00 bits per heavy atom. The van der Waals surface area contributed by atoms with E-state index < -0.39 is 0 Å². The molecular weight excluding hydrogens is 210 g/mol. The van der Waals surface area contributed by atoms with Crippen LogP contribution in [0.2, 0.25) is 5.15 Å². The van der Waals surface area contributed by atoms with Crippen LogP contribution in [0.25, 0.3) is 0 Å². The number of rotatable bonds is 3. The van der Waals surface area contributed by atoms with Crippen LogP contribution in [0.1, 0.15) is 32.1 Å². The van der Waals surface area contributed by atoms with E-state index in [0.717, 1.165) is 18.3 Å². The van der Waals surface area contributed by atoms with Gasteiger partial charge in [0.1, 0.15) is 5.82 Å². The van der Waals surface area contributed by atoms with Gasteiger partial charge in [-0.1, -0.05) is 30.9 Å². The standard InChI is InChI=1S/C11H16ClN3/c12-10-6-7-11(15-14-10)13-8-9-4-2-1-3-5-9/h6-7,9H,1-5,8H2,(H,13,15). The highest BCUT2D eigenvalue weighted by Gasteiger charge is 2.12. The van der Waals surface area contributed by atoms with Gasteiger partial charge in [0.05, 0.1) is 0 Å². The van der Waals surface area contributed by atoms with Gasteiger partial charge in [-0.25, -0.2) is 0 Å². The molecule has 1 aliphatic carbocycles. The SMILES string of the molecule is Clc1ccc(NCC2CCCCC2)nn1. The van der Waals surface area contributed by atoms with Crippen LogP contribution in [0.15, 0.2) is 12.1 Å². The molecule has 0 aromatic carbocycles. The lowest BCUT2D eigenvalue weighted by molar-refractivity contribution is 0.373. The van der Waals surface area contributed by atoms with E-state index in [1.54, 1.807) is 6.07 Å². The first kappa shape index (κ1) is 10.7. The number of hydrogen-bond donors (Lipinski definition) is 1. The highest BCUT2D eigenvalue weighted by molar-refractivity contribution is 6.29. The maximum Gasteiger partial charge on any atom is 0.151 e. The fraction of sp³-hybridized carbons (Fsp3) is 0.636. The van der Waals surface area contributed by atoms with Gasteiger partial charge in [-0.15, -0.1) is 10.2 Å². The van der Waals surface area contributed by atoms with Crippen LogP contribution in [0.4, 0.5) is 5.82 Å². The molecule has 15 heavy (non-hydrogen) atoms. The van der Waals surface area contributed by atoms with E-state index in [9.17, 15) is 0 Å². The Morgan fingerprint density at radius 1 is 1.20 bits per heavy atom. The van der Waals surface area contributed by atoms with Gasteiger partial charge in [0.15, 0.2) is 5.15 Å². The van der Waals surface area contributed by atoms with Gasteiger partial charge in [0, 0.05) is 6.54 Å². The summed E-state index contributed by atoms with van der Waals surface area (Å²) in [6, 6.07) is 3.63. The lowest BCUT2D eigenvalue weighted by Crippen LogP contribution is -2.17. The fourth-order valence-corrected chi connectivity index (χ4v) is 2.15. The Bertz CT molecular complexity index is 293. The second kappa shape index (κ2) is 5.31.